The summed E-state index contributed by atoms with van der Waals surface area (Å²) in [6.07, 6.45) is 4.20. The van der Waals surface area contributed by atoms with E-state index in [1.54, 1.807) is 35.7 Å². The molecule has 7 nitrogen and oxygen atoms in total. The zero-order chi connectivity index (χ0) is 20.0. The molecule has 0 saturated heterocycles. The summed E-state index contributed by atoms with van der Waals surface area (Å²) in [5, 5.41) is 13.9. The fourth-order valence-electron chi connectivity index (χ4n) is 2.41. The highest BCUT2D eigenvalue weighted by atomic mass is 32.2. The molecule has 148 valence electrons. The number of aryl methyl sites for hydroxylation is 1. The van der Waals surface area contributed by atoms with Gasteiger partial charge in [-0.3, -0.25) is 14.8 Å². The van der Waals surface area contributed by atoms with Crippen LogP contribution in [0.1, 0.15) is 41.6 Å². The molecule has 2 heterocycles. The molecule has 0 spiro atoms. The summed E-state index contributed by atoms with van der Waals surface area (Å²) in [7, 11) is -3.61. The minimum absolute atomic E-state index is 0.236. The topological polar surface area (TPSA) is 101 Å². The summed E-state index contributed by atoms with van der Waals surface area (Å²) < 4.78 is 27.2. The summed E-state index contributed by atoms with van der Waals surface area (Å²) in [5.74, 6) is -0.316. The lowest BCUT2D eigenvalue weighted by molar-refractivity contribution is 0.102. The van der Waals surface area contributed by atoms with Crippen LogP contribution in [0.15, 0.2) is 46.0 Å². The number of carbonyl (C=O) groups excluding carboxylic acids is 1. The average Bonchev–Trinajstić information content (AvgIpc) is 3.35. The molecular weight excluding hydrogens is 416 g/mol. The number of nitrogens with zero attached hydrogens (tertiary/aromatic N) is 2. The van der Waals surface area contributed by atoms with Crippen molar-refractivity contribution in [3.63, 3.8) is 0 Å². The highest BCUT2D eigenvalue weighted by molar-refractivity contribution is 7.94. The summed E-state index contributed by atoms with van der Waals surface area (Å²) in [6.45, 7) is 2.14. The summed E-state index contributed by atoms with van der Waals surface area (Å²) in [6, 6.07) is 9.44. The normalized spacial score (nSPS) is 11.3. The van der Waals surface area contributed by atoms with Gasteiger partial charge in [-0.25, -0.2) is 8.42 Å². The van der Waals surface area contributed by atoms with E-state index < -0.39 is 10.0 Å². The highest BCUT2D eigenvalue weighted by Gasteiger charge is 2.16. The number of hydrogen-bond acceptors (Lipinski definition) is 7. The number of hydrogen-bond donors (Lipinski definition) is 2. The van der Waals surface area contributed by atoms with Crippen LogP contribution in [0.2, 0.25) is 0 Å². The van der Waals surface area contributed by atoms with Gasteiger partial charge in [0, 0.05) is 17.7 Å². The Morgan fingerprint density at radius 2 is 1.89 bits per heavy atom. The largest absolute Gasteiger partial charge is 0.296 e. The molecule has 0 unspecified atom stereocenters. The first-order chi connectivity index (χ1) is 13.5. The Morgan fingerprint density at radius 3 is 2.57 bits per heavy atom. The molecule has 3 aromatic rings. The Balaban J connectivity index is 1.59. The van der Waals surface area contributed by atoms with Gasteiger partial charge in [0.15, 0.2) is 0 Å². The number of carbonyl (C=O) groups is 1. The lowest BCUT2D eigenvalue weighted by Gasteiger charge is -2.07. The number of thiophene rings is 1. The van der Waals surface area contributed by atoms with Crippen LogP contribution < -0.4 is 10.0 Å². The molecule has 10 heteroatoms. The number of unbranched alkanes of at least 4 members (excludes halogenated alkanes) is 2. The van der Waals surface area contributed by atoms with Crippen LogP contribution in [-0.4, -0.2) is 24.5 Å². The number of aromatic nitrogens is 2. The molecule has 0 aliphatic carbocycles. The second kappa shape index (κ2) is 9.26. The molecule has 0 atom stereocenters. The van der Waals surface area contributed by atoms with E-state index in [4.69, 9.17) is 0 Å². The van der Waals surface area contributed by atoms with Crippen molar-refractivity contribution in [3.05, 3.63) is 52.3 Å². The van der Waals surface area contributed by atoms with Crippen molar-refractivity contribution in [1.29, 1.82) is 0 Å². The average molecular weight is 437 g/mol. The van der Waals surface area contributed by atoms with Crippen molar-refractivity contribution in [2.24, 2.45) is 0 Å². The van der Waals surface area contributed by atoms with E-state index in [-0.39, 0.29) is 10.1 Å². The van der Waals surface area contributed by atoms with Crippen LogP contribution in [-0.2, 0) is 16.4 Å². The van der Waals surface area contributed by atoms with Crippen LogP contribution in [0, 0.1) is 0 Å². The number of benzene rings is 1. The van der Waals surface area contributed by atoms with E-state index in [9.17, 15) is 13.2 Å². The Morgan fingerprint density at radius 1 is 1.11 bits per heavy atom. The quantitative estimate of drug-likeness (QED) is 0.485. The number of amides is 1. The summed E-state index contributed by atoms with van der Waals surface area (Å²) in [4.78, 5) is 12.4. The predicted molar refractivity (Wildman–Crippen MR) is 113 cm³/mol. The van der Waals surface area contributed by atoms with E-state index in [0.717, 1.165) is 42.0 Å². The van der Waals surface area contributed by atoms with Gasteiger partial charge in [-0.2, -0.15) is 0 Å². The summed E-state index contributed by atoms with van der Waals surface area (Å²) in [5.41, 5.74) is 0.792. The fourth-order valence-corrected chi connectivity index (χ4v) is 5.24. The van der Waals surface area contributed by atoms with Gasteiger partial charge in [0.1, 0.15) is 9.22 Å². The van der Waals surface area contributed by atoms with Crippen molar-refractivity contribution in [1.82, 2.24) is 10.2 Å². The molecule has 0 bridgehead atoms. The second-order valence-corrected chi connectivity index (χ2v) is 9.95. The standard InChI is InChI=1S/C18H20N4O3S3/c1-2-3-4-6-15-20-21-18(27-15)19-17(23)13-8-10-14(11-9-13)22-28(24,25)16-7-5-12-26-16/h5,7-12,22H,2-4,6H2,1H3,(H,19,21,23). The van der Waals surface area contributed by atoms with Crippen LogP contribution in [0.5, 0.6) is 0 Å². The maximum absolute atomic E-state index is 12.4. The lowest BCUT2D eigenvalue weighted by Crippen LogP contribution is -2.13. The molecule has 1 aromatic carbocycles. The van der Waals surface area contributed by atoms with Crippen molar-refractivity contribution in [3.8, 4) is 0 Å². The van der Waals surface area contributed by atoms with Gasteiger partial charge >= 0.3 is 0 Å². The number of nitrogens with one attached hydrogen (secondary N) is 2. The van der Waals surface area contributed by atoms with Crippen molar-refractivity contribution in [2.45, 2.75) is 36.8 Å². The van der Waals surface area contributed by atoms with Gasteiger partial charge in [-0.1, -0.05) is 37.2 Å². The van der Waals surface area contributed by atoms with Crippen LogP contribution in [0.25, 0.3) is 0 Å². The number of anilines is 2. The Kier molecular flexibility index (Phi) is 6.76. The zero-order valence-electron chi connectivity index (χ0n) is 15.2. The minimum atomic E-state index is -3.61. The van der Waals surface area contributed by atoms with E-state index in [1.165, 1.54) is 17.4 Å². The molecular formula is C18H20N4O3S3. The van der Waals surface area contributed by atoms with Gasteiger partial charge in [0.25, 0.3) is 15.9 Å². The van der Waals surface area contributed by atoms with Gasteiger partial charge in [0.2, 0.25) is 5.13 Å². The lowest BCUT2D eigenvalue weighted by atomic mass is 10.2. The third-order valence-electron chi connectivity index (χ3n) is 3.84. The van der Waals surface area contributed by atoms with Crippen LogP contribution >= 0.6 is 22.7 Å². The molecule has 28 heavy (non-hydrogen) atoms. The van der Waals surface area contributed by atoms with Gasteiger partial charge < -0.3 is 0 Å². The maximum atomic E-state index is 12.4. The third-order valence-corrected chi connectivity index (χ3v) is 7.52. The first-order valence-corrected chi connectivity index (χ1v) is 12.0. The van der Waals surface area contributed by atoms with E-state index in [0.29, 0.717) is 16.4 Å². The molecule has 2 aromatic heterocycles. The minimum Gasteiger partial charge on any atom is -0.296 e. The number of rotatable bonds is 9. The molecule has 2 N–H and O–H groups in total. The molecule has 0 fully saturated rings. The monoisotopic (exact) mass is 436 g/mol. The first-order valence-electron chi connectivity index (χ1n) is 8.78. The first kappa shape index (κ1) is 20.4. The highest BCUT2D eigenvalue weighted by Crippen LogP contribution is 2.21. The SMILES string of the molecule is CCCCCc1nnc(NC(=O)c2ccc(NS(=O)(=O)c3cccs3)cc2)s1. The molecule has 0 saturated carbocycles. The van der Waals surface area contributed by atoms with E-state index in [1.807, 2.05) is 0 Å². The van der Waals surface area contributed by atoms with Crippen molar-refractivity contribution >= 4 is 49.4 Å². The van der Waals surface area contributed by atoms with Gasteiger partial charge in [0.05, 0.1) is 0 Å². The Bertz CT molecular complexity index is 1010. The zero-order valence-corrected chi connectivity index (χ0v) is 17.7. The molecule has 0 aliphatic heterocycles. The summed E-state index contributed by atoms with van der Waals surface area (Å²) >= 11 is 2.51. The molecule has 0 aliphatic rings. The smallest absolute Gasteiger partial charge is 0.271 e. The molecule has 1 amide bonds. The fraction of sp³-hybridized carbons (Fsp3) is 0.278. The molecule has 0 radical (unpaired) electrons. The number of sulfonamides is 1. The third kappa shape index (κ3) is 5.37. The van der Waals surface area contributed by atoms with Gasteiger partial charge in [-0.05, 0) is 42.1 Å². The molecule has 3 rings (SSSR count). The van der Waals surface area contributed by atoms with Crippen molar-refractivity contribution in [2.75, 3.05) is 10.0 Å². The van der Waals surface area contributed by atoms with E-state index in [2.05, 4.69) is 27.2 Å². The van der Waals surface area contributed by atoms with Gasteiger partial charge in [-0.15, -0.1) is 21.5 Å². The Labute approximate surface area is 171 Å². The predicted octanol–water partition coefficient (Wildman–Crippen LogP) is 4.39. The van der Waals surface area contributed by atoms with Crippen LogP contribution in [0.4, 0.5) is 10.8 Å². The van der Waals surface area contributed by atoms with E-state index >= 15 is 0 Å². The second-order valence-electron chi connectivity index (χ2n) is 6.03. The van der Waals surface area contributed by atoms with Crippen LogP contribution in [0.3, 0.4) is 0 Å². The maximum Gasteiger partial charge on any atom is 0.271 e. The van der Waals surface area contributed by atoms with Crippen molar-refractivity contribution < 1.29 is 13.2 Å². The Hall–Kier alpha value is -2.30.